The molecule has 0 atom stereocenters. The van der Waals surface area contributed by atoms with Crippen LogP contribution in [0.25, 0.3) is 0 Å². The molecule has 0 amide bonds. The van der Waals surface area contributed by atoms with Crippen LogP contribution in [0.1, 0.15) is 5.56 Å². The van der Waals surface area contributed by atoms with Crippen LogP contribution in [0.3, 0.4) is 0 Å². The smallest absolute Gasteiger partial charge is 0.307 e. The molecule has 0 saturated carbocycles. The van der Waals surface area contributed by atoms with Crippen molar-refractivity contribution in [1.82, 2.24) is 4.98 Å². The zero-order chi connectivity index (χ0) is 13.0. The van der Waals surface area contributed by atoms with Crippen LogP contribution in [0.5, 0.6) is 5.75 Å². The second-order valence-corrected chi connectivity index (χ2v) is 4.84. The SMILES string of the molecule is COc1ccc(Sc2cc(CC(=O)O)c[nH]2)cc1. The van der Waals surface area contributed by atoms with Crippen molar-refractivity contribution < 1.29 is 14.6 Å². The van der Waals surface area contributed by atoms with Crippen molar-refractivity contribution >= 4 is 17.7 Å². The van der Waals surface area contributed by atoms with E-state index in [1.165, 1.54) is 0 Å². The Morgan fingerprint density at radius 1 is 1.39 bits per heavy atom. The topological polar surface area (TPSA) is 62.3 Å². The molecule has 0 fully saturated rings. The second-order valence-electron chi connectivity index (χ2n) is 3.72. The van der Waals surface area contributed by atoms with Gasteiger partial charge in [0.1, 0.15) is 5.75 Å². The van der Waals surface area contributed by atoms with Gasteiger partial charge in [-0.25, -0.2) is 0 Å². The Bertz CT molecular complexity index is 533. The summed E-state index contributed by atoms with van der Waals surface area (Å²) >= 11 is 1.55. The summed E-state index contributed by atoms with van der Waals surface area (Å²) in [7, 11) is 1.63. The third-order valence-corrected chi connectivity index (χ3v) is 3.32. The fourth-order valence-corrected chi connectivity index (χ4v) is 2.38. The maximum atomic E-state index is 10.6. The lowest BCUT2D eigenvalue weighted by Crippen LogP contribution is -1.97. The predicted octanol–water partition coefficient (Wildman–Crippen LogP) is 2.80. The van der Waals surface area contributed by atoms with Crippen LogP contribution in [0.2, 0.25) is 0 Å². The van der Waals surface area contributed by atoms with Gasteiger partial charge in [-0.2, -0.15) is 0 Å². The highest BCUT2D eigenvalue weighted by atomic mass is 32.2. The van der Waals surface area contributed by atoms with Crippen LogP contribution in [0.4, 0.5) is 0 Å². The number of ether oxygens (including phenoxy) is 1. The summed E-state index contributed by atoms with van der Waals surface area (Å²) < 4.78 is 5.08. The molecule has 18 heavy (non-hydrogen) atoms. The number of aromatic nitrogens is 1. The number of carbonyl (C=O) groups is 1. The van der Waals surface area contributed by atoms with E-state index in [1.54, 1.807) is 25.1 Å². The molecule has 0 unspecified atom stereocenters. The molecule has 0 bridgehead atoms. The Morgan fingerprint density at radius 3 is 2.72 bits per heavy atom. The number of aromatic amines is 1. The molecule has 2 rings (SSSR count). The van der Waals surface area contributed by atoms with Crippen molar-refractivity contribution in [1.29, 1.82) is 0 Å². The number of methoxy groups -OCH3 is 1. The minimum atomic E-state index is -0.824. The quantitative estimate of drug-likeness (QED) is 0.870. The highest BCUT2D eigenvalue weighted by Gasteiger charge is 2.05. The lowest BCUT2D eigenvalue weighted by Gasteiger charge is -2.01. The van der Waals surface area contributed by atoms with E-state index in [9.17, 15) is 4.79 Å². The predicted molar refractivity (Wildman–Crippen MR) is 69.2 cm³/mol. The van der Waals surface area contributed by atoms with E-state index in [1.807, 2.05) is 30.3 Å². The number of H-pyrrole nitrogens is 1. The first-order chi connectivity index (χ1) is 8.67. The van der Waals surface area contributed by atoms with E-state index in [2.05, 4.69) is 4.98 Å². The van der Waals surface area contributed by atoms with Crippen LogP contribution in [-0.4, -0.2) is 23.2 Å². The number of nitrogens with one attached hydrogen (secondary N) is 1. The summed E-state index contributed by atoms with van der Waals surface area (Å²) in [4.78, 5) is 14.7. The van der Waals surface area contributed by atoms with Gasteiger partial charge in [-0.05, 0) is 35.9 Å². The molecule has 1 heterocycles. The number of benzene rings is 1. The van der Waals surface area contributed by atoms with Gasteiger partial charge in [0.25, 0.3) is 0 Å². The monoisotopic (exact) mass is 263 g/mol. The summed E-state index contributed by atoms with van der Waals surface area (Å²) in [6.07, 6.45) is 1.76. The molecule has 1 aromatic heterocycles. The molecule has 0 radical (unpaired) electrons. The largest absolute Gasteiger partial charge is 0.497 e. The Kier molecular flexibility index (Phi) is 3.94. The zero-order valence-electron chi connectivity index (χ0n) is 9.84. The molecule has 2 aromatic rings. The molecule has 1 aromatic carbocycles. The summed E-state index contributed by atoms with van der Waals surface area (Å²) in [5, 5.41) is 9.62. The third-order valence-electron chi connectivity index (χ3n) is 2.36. The second kappa shape index (κ2) is 5.64. The third kappa shape index (κ3) is 3.30. The lowest BCUT2D eigenvalue weighted by atomic mass is 10.2. The first-order valence-electron chi connectivity index (χ1n) is 5.38. The standard InChI is InChI=1S/C13H13NO3S/c1-17-10-2-4-11(5-3-10)18-12-6-9(8-14-12)7-13(15)16/h2-6,8,14H,7H2,1H3,(H,15,16). The first kappa shape index (κ1) is 12.6. The van der Waals surface area contributed by atoms with E-state index >= 15 is 0 Å². The molecular formula is C13H13NO3S. The molecule has 0 aliphatic rings. The Labute approximate surface area is 109 Å². The normalized spacial score (nSPS) is 10.3. The fourth-order valence-electron chi connectivity index (χ4n) is 1.52. The van der Waals surface area contributed by atoms with Crippen LogP contribution in [0.15, 0.2) is 46.5 Å². The van der Waals surface area contributed by atoms with Crippen molar-refractivity contribution in [2.24, 2.45) is 0 Å². The van der Waals surface area contributed by atoms with Gasteiger partial charge in [0.15, 0.2) is 0 Å². The number of carboxylic acid groups (broad SMARTS) is 1. The van der Waals surface area contributed by atoms with Crippen molar-refractivity contribution in [2.45, 2.75) is 16.3 Å². The highest BCUT2D eigenvalue weighted by Crippen LogP contribution is 2.28. The van der Waals surface area contributed by atoms with Crippen LogP contribution >= 0.6 is 11.8 Å². The van der Waals surface area contributed by atoms with E-state index in [4.69, 9.17) is 9.84 Å². The van der Waals surface area contributed by atoms with Gasteiger partial charge < -0.3 is 14.8 Å². The molecule has 94 valence electrons. The molecule has 0 spiro atoms. The van der Waals surface area contributed by atoms with Crippen molar-refractivity contribution in [3.05, 3.63) is 42.1 Å². The van der Waals surface area contributed by atoms with Gasteiger partial charge in [-0.3, -0.25) is 4.79 Å². The first-order valence-corrected chi connectivity index (χ1v) is 6.20. The van der Waals surface area contributed by atoms with E-state index in [0.29, 0.717) is 0 Å². The van der Waals surface area contributed by atoms with E-state index in [0.717, 1.165) is 21.2 Å². The number of rotatable bonds is 5. The minimum absolute atomic E-state index is 0.0413. The number of carboxylic acids is 1. The van der Waals surface area contributed by atoms with Crippen molar-refractivity contribution in [3.63, 3.8) is 0 Å². The number of hydrogen-bond donors (Lipinski definition) is 2. The van der Waals surface area contributed by atoms with Crippen molar-refractivity contribution in [2.75, 3.05) is 7.11 Å². The molecule has 0 aliphatic carbocycles. The van der Waals surface area contributed by atoms with Gasteiger partial charge in [0.2, 0.25) is 0 Å². The van der Waals surface area contributed by atoms with E-state index in [-0.39, 0.29) is 6.42 Å². The maximum absolute atomic E-state index is 10.6. The van der Waals surface area contributed by atoms with Crippen LogP contribution in [0, 0.1) is 0 Å². The molecular weight excluding hydrogens is 250 g/mol. The van der Waals surface area contributed by atoms with Gasteiger partial charge in [0.05, 0.1) is 18.6 Å². The summed E-state index contributed by atoms with van der Waals surface area (Å²) in [6.45, 7) is 0. The molecule has 5 heteroatoms. The molecule has 2 N–H and O–H groups in total. The summed E-state index contributed by atoms with van der Waals surface area (Å²) in [6, 6.07) is 9.55. The Hall–Kier alpha value is -1.88. The Morgan fingerprint density at radius 2 is 2.11 bits per heavy atom. The molecule has 0 saturated heterocycles. The molecule has 4 nitrogen and oxygen atoms in total. The van der Waals surface area contributed by atoms with Gasteiger partial charge in [0, 0.05) is 11.1 Å². The summed E-state index contributed by atoms with van der Waals surface area (Å²) in [5.74, 6) is -0.00704. The van der Waals surface area contributed by atoms with E-state index < -0.39 is 5.97 Å². The zero-order valence-corrected chi connectivity index (χ0v) is 10.7. The number of aliphatic carboxylic acids is 1. The fraction of sp³-hybridized carbons (Fsp3) is 0.154. The lowest BCUT2D eigenvalue weighted by molar-refractivity contribution is -0.136. The van der Waals surface area contributed by atoms with Gasteiger partial charge >= 0.3 is 5.97 Å². The van der Waals surface area contributed by atoms with Crippen LogP contribution < -0.4 is 4.74 Å². The maximum Gasteiger partial charge on any atom is 0.307 e. The number of hydrogen-bond acceptors (Lipinski definition) is 3. The Balaban J connectivity index is 2.03. The average Bonchev–Trinajstić information content (AvgIpc) is 2.76. The van der Waals surface area contributed by atoms with Crippen LogP contribution in [-0.2, 0) is 11.2 Å². The molecule has 0 aliphatic heterocycles. The average molecular weight is 263 g/mol. The van der Waals surface area contributed by atoms with Gasteiger partial charge in [-0.1, -0.05) is 11.8 Å². The minimum Gasteiger partial charge on any atom is -0.497 e. The highest BCUT2D eigenvalue weighted by molar-refractivity contribution is 7.99. The van der Waals surface area contributed by atoms with Gasteiger partial charge in [-0.15, -0.1) is 0 Å². The van der Waals surface area contributed by atoms with Crippen molar-refractivity contribution in [3.8, 4) is 5.75 Å². The summed E-state index contributed by atoms with van der Waals surface area (Å²) in [5.41, 5.74) is 0.776.